The topological polar surface area (TPSA) is 54.0 Å². The molecule has 0 spiro atoms. The van der Waals surface area contributed by atoms with Crippen molar-refractivity contribution in [3.63, 3.8) is 0 Å². The molecule has 1 aromatic heterocycles. The molecule has 0 aliphatic carbocycles. The molecule has 178 valence electrons. The molecule has 2 N–H and O–H groups in total. The number of aryl methyl sites for hydroxylation is 1. The quantitative estimate of drug-likeness (QED) is 0.390. The zero-order chi connectivity index (χ0) is 25.2. The van der Waals surface area contributed by atoms with Gasteiger partial charge >= 0.3 is 0 Å². The number of amides is 1. The molecule has 0 unspecified atom stereocenters. The van der Waals surface area contributed by atoms with Crippen LogP contribution >= 0.6 is 0 Å². The van der Waals surface area contributed by atoms with Crippen LogP contribution in [0, 0.1) is 18.6 Å². The fourth-order valence-corrected chi connectivity index (χ4v) is 2.47. The van der Waals surface area contributed by atoms with Gasteiger partial charge in [0, 0.05) is 18.4 Å². The molecule has 1 amide bonds. The minimum absolute atomic E-state index is 0.0782. The van der Waals surface area contributed by atoms with Crippen LogP contribution in [0.4, 0.5) is 20.3 Å². The third kappa shape index (κ3) is 10.5. The van der Waals surface area contributed by atoms with Gasteiger partial charge in [-0.05, 0) is 61.4 Å². The number of carbonyl (C=O) groups is 1. The van der Waals surface area contributed by atoms with Crippen LogP contribution in [-0.2, 0) is 6.54 Å². The number of nitrogens with one attached hydrogen (secondary N) is 2. The molecule has 0 radical (unpaired) electrons. The molecule has 0 bridgehead atoms. The Kier molecular flexibility index (Phi) is 15.2. The van der Waals surface area contributed by atoms with Crippen molar-refractivity contribution >= 4 is 17.4 Å². The Morgan fingerprint density at radius 3 is 2.27 bits per heavy atom. The summed E-state index contributed by atoms with van der Waals surface area (Å²) in [7, 11) is 0. The van der Waals surface area contributed by atoms with Crippen molar-refractivity contribution in [2.45, 2.75) is 48.1 Å². The second-order valence-corrected chi connectivity index (χ2v) is 6.23. The van der Waals surface area contributed by atoms with Crippen molar-refractivity contribution in [3.05, 3.63) is 102 Å². The summed E-state index contributed by atoms with van der Waals surface area (Å²) < 4.78 is 26.2. The van der Waals surface area contributed by atoms with Gasteiger partial charge in [0.1, 0.15) is 5.82 Å². The fourth-order valence-electron chi connectivity index (χ4n) is 2.47. The molecular formula is C27H35F2N3O. The largest absolute Gasteiger partial charge is 0.348 e. The number of nitrogens with zero attached hydrogens (tertiary/aromatic N) is 1. The van der Waals surface area contributed by atoms with Crippen LogP contribution in [0.2, 0.25) is 0 Å². The number of benzene rings is 2. The first kappa shape index (κ1) is 29.5. The monoisotopic (exact) mass is 455 g/mol. The number of allylic oxidation sites excluding steroid dienone is 1. The lowest BCUT2D eigenvalue weighted by molar-refractivity contribution is 0.0951. The lowest BCUT2D eigenvalue weighted by Crippen LogP contribution is -2.24. The van der Waals surface area contributed by atoms with Crippen molar-refractivity contribution in [3.8, 4) is 0 Å². The summed E-state index contributed by atoms with van der Waals surface area (Å²) in [6, 6.07) is 14.5. The van der Waals surface area contributed by atoms with Gasteiger partial charge in [0.15, 0.2) is 11.6 Å². The maximum absolute atomic E-state index is 13.3. The van der Waals surface area contributed by atoms with Crippen LogP contribution in [0.1, 0.15) is 56.1 Å². The molecule has 1 heterocycles. The highest BCUT2D eigenvalue weighted by Gasteiger charge is 2.13. The third-order valence-electron chi connectivity index (χ3n) is 3.77. The smallest absolute Gasteiger partial charge is 0.255 e. The summed E-state index contributed by atoms with van der Waals surface area (Å²) >= 11 is 0. The van der Waals surface area contributed by atoms with Crippen molar-refractivity contribution in [1.29, 1.82) is 0 Å². The maximum Gasteiger partial charge on any atom is 0.255 e. The minimum Gasteiger partial charge on any atom is -0.348 e. The molecule has 2 aromatic carbocycles. The van der Waals surface area contributed by atoms with Gasteiger partial charge in [-0.3, -0.25) is 4.79 Å². The predicted molar refractivity (Wildman–Crippen MR) is 135 cm³/mol. The molecule has 0 atom stereocenters. The number of aromatic nitrogens is 1. The lowest BCUT2D eigenvalue weighted by atomic mass is 10.2. The highest BCUT2D eigenvalue weighted by atomic mass is 19.2. The van der Waals surface area contributed by atoms with E-state index in [9.17, 15) is 13.6 Å². The first-order valence-corrected chi connectivity index (χ1v) is 11.0. The summed E-state index contributed by atoms with van der Waals surface area (Å²) in [6.07, 6.45) is 3.34. The van der Waals surface area contributed by atoms with Gasteiger partial charge in [-0.15, -0.1) is 6.58 Å². The van der Waals surface area contributed by atoms with Gasteiger partial charge in [0.25, 0.3) is 5.91 Å². The van der Waals surface area contributed by atoms with Gasteiger partial charge in [-0.1, -0.05) is 52.0 Å². The summed E-state index contributed by atoms with van der Waals surface area (Å²) in [5, 5.41) is 5.82. The molecule has 3 aromatic rings. The van der Waals surface area contributed by atoms with Crippen LogP contribution in [0.25, 0.3) is 0 Å². The molecule has 33 heavy (non-hydrogen) atoms. The Morgan fingerprint density at radius 2 is 1.67 bits per heavy atom. The average Bonchev–Trinajstić information content (AvgIpc) is 2.83. The predicted octanol–water partition coefficient (Wildman–Crippen LogP) is 7.59. The van der Waals surface area contributed by atoms with Crippen LogP contribution in [0.15, 0.2) is 73.4 Å². The van der Waals surface area contributed by atoms with Gasteiger partial charge in [-0.2, -0.15) is 0 Å². The van der Waals surface area contributed by atoms with E-state index in [0.717, 1.165) is 23.4 Å². The molecule has 4 nitrogen and oxygen atoms in total. The van der Waals surface area contributed by atoms with Crippen molar-refractivity contribution in [2.24, 2.45) is 0 Å². The number of pyridine rings is 1. The number of halogens is 2. The Hall–Kier alpha value is -3.54. The number of anilines is 2. The second kappa shape index (κ2) is 17.1. The van der Waals surface area contributed by atoms with E-state index < -0.39 is 11.6 Å². The molecule has 0 aliphatic heterocycles. The second-order valence-electron chi connectivity index (χ2n) is 6.23. The Labute approximate surface area is 196 Å². The van der Waals surface area contributed by atoms with Crippen molar-refractivity contribution in [1.82, 2.24) is 10.3 Å². The SMILES string of the molecule is C=CC.CC.CC.Cc1cccc(Nc2ncccc2C(=O)NCc2ccc(F)c(F)c2)c1. The van der Waals surface area contributed by atoms with E-state index in [2.05, 4.69) is 22.2 Å². The lowest BCUT2D eigenvalue weighted by Gasteiger charge is -2.12. The highest BCUT2D eigenvalue weighted by molar-refractivity contribution is 5.99. The zero-order valence-electron chi connectivity index (χ0n) is 20.4. The Morgan fingerprint density at radius 1 is 1.00 bits per heavy atom. The number of rotatable bonds is 5. The standard InChI is InChI=1S/C20H17F2N3O.C3H6.2C2H6/c1-13-4-2-5-15(10-13)25-19-16(6-3-9-23-19)20(26)24-12-14-7-8-17(21)18(22)11-14;1-3-2;2*1-2/h2-11H,12H2,1H3,(H,23,25)(H,24,26);3H,1H2,2H3;2*1-2H3. The van der Waals surface area contributed by atoms with E-state index in [1.54, 1.807) is 24.4 Å². The summed E-state index contributed by atoms with van der Waals surface area (Å²) in [5.74, 6) is -1.81. The fraction of sp³-hybridized carbons (Fsp3) is 0.259. The first-order valence-electron chi connectivity index (χ1n) is 11.0. The van der Waals surface area contributed by atoms with Gasteiger partial charge in [0.05, 0.1) is 5.56 Å². The van der Waals surface area contributed by atoms with Crippen LogP contribution in [-0.4, -0.2) is 10.9 Å². The van der Waals surface area contributed by atoms with E-state index in [0.29, 0.717) is 16.9 Å². The number of hydrogen-bond acceptors (Lipinski definition) is 3. The molecule has 0 fully saturated rings. The van der Waals surface area contributed by atoms with E-state index in [4.69, 9.17) is 0 Å². The van der Waals surface area contributed by atoms with Crippen molar-refractivity contribution < 1.29 is 13.6 Å². The molecule has 0 aliphatic rings. The van der Waals surface area contributed by atoms with E-state index >= 15 is 0 Å². The minimum atomic E-state index is -0.945. The van der Waals surface area contributed by atoms with Crippen LogP contribution in [0.5, 0.6) is 0 Å². The average molecular weight is 456 g/mol. The van der Waals surface area contributed by atoms with E-state index in [1.165, 1.54) is 6.07 Å². The van der Waals surface area contributed by atoms with Crippen molar-refractivity contribution in [2.75, 3.05) is 5.32 Å². The third-order valence-corrected chi connectivity index (χ3v) is 3.77. The Bertz CT molecular complexity index is 991. The first-order chi connectivity index (χ1) is 15.9. The molecular weight excluding hydrogens is 420 g/mol. The molecule has 0 saturated heterocycles. The molecule has 6 heteroatoms. The number of carbonyl (C=O) groups excluding carboxylic acids is 1. The summed E-state index contributed by atoms with van der Waals surface area (Å²) in [6.45, 7) is 15.3. The highest BCUT2D eigenvalue weighted by Crippen LogP contribution is 2.19. The van der Waals surface area contributed by atoms with Gasteiger partial charge in [-0.25, -0.2) is 13.8 Å². The van der Waals surface area contributed by atoms with Gasteiger partial charge < -0.3 is 10.6 Å². The Balaban J connectivity index is 0.00000132. The summed E-state index contributed by atoms with van der Waals surface area (Å²) in [5.41, 5.74) is 2.72. The van der Waals surface area contributed by atoms with E-state index in [1.807, 2.05) is 65.8 Å². The molecule has 3 rings (SSSR count). The zero-order valence-corrected chi connectivity index (χ0v) is 20.4. The molecule has 0 saturated carbocycles. The normalized spacial score (nSPS) is 8.97. The van der Waals surface area contributed by atoms with E-state index in [-0.39, 0.29) is 12.5 Å². The van der Waals surface area contributed by atoms with Crippen LogP contribution in [0.3, 0.4) is 0 Å². The number of hydrogen-bond donors (Lipinski definition) is 2. The van der Waals surface area contributed by atoms with Gasteiger partial charge in [0.2, 0.25) is 0 Å². The summed E-state index contributed by atoms with van der Waals surface area (Å²) in [4.78, 5) is 16.7. The maximum atomic E-state index is 13.3. The van der Waals surface area contributed by atoms with Crippen LogP contribution < -0.4 is 10.6 Å².